The molecular formula is C12H15NS. The first-order valence-electron chi connectivity index (χ1n) is 4.66. The quantitative estimate of drug-likeness (QED) is 0.450. The fraction of sp³-hybridized carbons (Fsp3) is 0.333. The minimum atomic E-state index is 0.661. The molecule has 0 aromatic heterocycles. The highest BCUT2D eigenvalue weighted by molar-refractivity contribution is 7.99. The lowest BCUT2D eigenvalue weighted by Crippen LogP contribution is -2.16. The van der Waals surface area contributed by atoms with Gasteiger partial charge in [0.25, 0.3) is 0 Å². The van der Waals surface area contributed by atoms with E-state index in [0.29, 0.717) is 6.54 Å². The Kier molecular flexibility index (Phi) is 5.21. The summed E-state index contributed by atoms with van der Waals surface area (Å²) >= 11 is 1.85. The monoisotopic (exact) mass is 205 g/mol. The smallest absolute Gasteiger partial charge is 0.0574 e. The number of rotatable bonds is 5. The molecule has 0 unspecified atom stereocenters. The molecule has 0 radical (unpaired) electrons. The normalized spacial score (nSPS) is 9.71. The molecule has 1 N–H and O–H groups in total. The molecule has 2 heteroatoms. The van der Waals surface area contributed by atoms with Crippen LogP contribution in [-0.2, 0) is 0 Å². The summed E-state index contributed by atoms with van der Waals surface area (Å²) in [5, 5.41) is 3.16. The van der Waals surface area contributed by atoms with E-state index in [1.807, 2.05) is 11.8 Å². The average molecular weight is 205 g/mol. The molecule has 1 aromatic rings. The molecule has 0 fully saturated rings. The molecule has 1 aromatic carbocycles. The van der Waals surface area contributed by atoms with Crippen LogP contribution in [0.4, 0.5) is 0 Å². The maximum atomic E-state index is 5.12. The van der Waals surface area contributed by atoms with E-state index in [-0.39, 0.29) is 0 Å². The zero-order valence-electron chi connectivity index (χ0n) is 8.42. The lowest BCUT2D eigenvalue weighted by Gasteiger charge is -2.02. The number of thioether (sulfide) groups is 1. The van der Waals surface area contributed by atoms with Crippen molar-refractivity contribution in [3.05, 3.63) is 29.8 Å². The maximum Gasteiger partial charge on any atom is 0.0574 e. The Morgan fingerprint density at radius 3 is 2.71 bits per heavy atom. The van der Waals surface area contributed by atoms with Crippen LogP contribution >= 0.6 is 11.8 Å². The molecular weight excluding hydrogens is 190 g/mol. The van der Waals surface area contributed by atoms with Gasteiger partial charge < -0.3 is 5.32 Å². The van der Waals surface area contributed by atoms with Gasteiger partial charge in [0.2, 0.25) is 0 Å². The molecule has 0 bridgehead atoms. The third-order valence-electron chi connectivity index (χ3n) is 1.80. The van der Waals surface area contributed by atoms with E-state index < -0.39 is 0 Å². The summed E-state index contributed by atoms with van der Waals surface area (Å²) < 4.78 is 0. The summed E-state index contributed by atoms with van der Waals surface area (Å²) in [6, 6.07) is 8.58. The van der Waals surface area contributed by atoms with Gasteiger partial charge in [0, 0.05) is 17.2 Å². The zero-order valence-corrected chi connectivity index (χ0v) is 9.23. The molecule has 0 amide bonds. The Balaban J connectivity index is 2.19. The van der Waals surface area contributed by atoms with E-state index >= 15 is 0 Å². The van der Waals surface area contributed by atoms with Gasteiger partial charge in [-0.1, -0.05) is 23.6 Å². The molecule has 0 saturated carbocycles. The van der Waals surface area contributed by atoms with Crippen LogP contribution in [0.3, 0.4) is 0 Å². The third kappa shape index (κ3) is 4.36. The minimum absolute atomic E-state index is 0.661. The van der Waals surface area contributed by atoms with Crippen molar-refractivity contribution < 1.29 is 0 Å². The van der Waals surface area contributed by atoms with Crippen LogP contribution in [0, 0.1) is 19.3 Å². The Bertz CT molecular complexity index is 297. The number of hydrogen-bond donors (Lipinski definition) is 1. The molecule has 0 aliphatic rings. The fourth-order valence-corrected chi connectivity index (χ4v) is 1.85. The van der Waals surface area contributed by atoms with Crippen molar-refractivity contribution >= 4 is 11.8 Å². The van der Waals surface area contributed by atoms with Gasteiger partial charge in [0.05, 0.1) is 6.54 Å². The van der Waals surface area contributed by atoms with E-state index in [4.69, 9.17) is 6.42 Å². The predicted octanol–water partition coefficient (Wildman–Crippen LogP) is 2.31. The summed E-state index contributed by atoms with van der Waals surface area (Å²) in [7, 11) is 0. The summed E-state index contributed by atoms with van der Waals surface area (Å²) in [5.74, 6) is 3.61. The SMILES string of the molecule is C#CCNCCSc1ccc(C)cc1. The van der Waals surface area contributed by atoms with Gasteiger partial charge in [0.1, 0.15) is 0 Å². The standard InChI is InChI=1S/C12H15NS/c1-3-8-13-9-10-14-12-6-4-11(2)5-7-12/h1,4-7,13H,8-10H2,2H3. The van der Waals surface area contributed by atoms with Crippen molar-refractivity contribution in [2.24, 2.45) is 0 Å². The molecule has 0 atom stereocenters. The zero-order chi connectivity index (χ0) is 10.2. The van der Waals surface area contributed by atoms with Gasteiger partial charge in [-0.2, -0.15) is 0 Å². The second-order valence-electron chi connectivity index (χ2n) is 3.04. The summed E-state index contributed by atoms with van der Waals surface area (Å²) in [5.41, 5.74) is 1.31. The number of benzene rings is 1. The first-order valence-corrected chi connectivity index (χ1v) is 5.65. The third-order valence-corrected chi connectivity index (χ3v) is 2.81. The lowest BCUT2D eigenvalue weighted by molar-refractivity contribution is 0.818. The Labute approximate surface area is 90.3 Å². The van der Waals surface area contributed by atoms with E-state index in [2.05, 4.69) is 42.4 Å². The molecule has 0 spiro atoms. The van der Waals surface area contributed by atoms with E-state index in [1.54, 1.807) is 0 Å². The van der Waals surface area contributed by atoms with E-state index in [1.165, 1.54) is 10.5 Å². The molecule has 74 valence electrons. The Morgan fingerprint density at radius 1 is 1.36 bits per heavy atom. The number of hydrogen-bond acceptors (Lipinski definition) is 2. The van der Waals surface area contributed by atoms with E-state index in [9.17, 15) is 0 Å². The Morgan fingerprint density at radius 2 is 2.07 bits per heavy atom. The Hall–Kier alpha value is -0.910. The van der Waals surface area contributed by atoms with Crippen molar-refractivity contribution in [3.63, 3.8) is 0 Å². The number of nitrogens with one attached hydrogen (secondary N) is 1. The molecule has 0 heterocycles. The first-order chi connectivity index (χ1) is 6.83. The second-order valence-corrected chi connectivity index (χ2v) is 4.21. The van der Waals surface area contributed by atoms with Crippen LogP contribution in [0.2, 0.25) is 0 Å². The number of aryl methyl sites for hydroxylation is 1. The highest BCUT2D eigenvalue weighted by atomic mass is 32.2. The minimum Gasteiger partial charge on any atom is -0.305 e. The fourth-order valence-electron chi connectivity index (χ4n) is 1.04. The first kappa shape index (κ1) is 11.2. The second kappa shape index (κ2) is 6.53. The highest BCUT2D eigenvalue weighted by Gasteiger charge is 1.92. The van der Waals surface area contributed by atoms with Crippen LogP contribution in [0.1, 0.15) is 5.56 Å². The van der Waals surface area contributed by atoms with Crippen molar-refractivity contribution in [1.29, 1.82) is 0 Å². The summed E-state index contributed by atoms with van der Waals surface area (Å²) in [4.78, 5) is 1.32. The summed E-state index contributed by atoms with van der Waals surface area (Å²) in [6.07, 6.45) is 5.12. The van der Waals surface area contributed by atoms with Crippen molar-refractivity contribution in [2.75, 3.05) is 18.8 Å². The van der Waals surface area contributed by atoms with Gasteiger partial charge in [-0.3, -0.25) is 0 Å². The largest absolute Gasteiger partial charge is 0.305 e. The molecule has 0 aliphatic carbocycles. The molecule has 0 aliphatic heterocycles. The lowest BCUT2D eigenvalue weighted by atomic mass is 10.2. The topological polar surface area (TPSA) is 12.0 Å². The van der Waals surface area contributed by atoms with Gasteiger partial charge in [0.15, 0.2) is 0 Å². The molecule has 14 heavy (non-hydrogen) atoms. The van der Waals surface area contributed by atoms with Crippen LogP contribution in [0.15, 0.2) is 29.2 Å². The summed E-state index contributed by atoms with van der Waals surface area (Å²) in [6.45, 7) is 3.72. The molecule has 1 rings (SSSR count). The molecule has 1 nitrogen and oxygen atoms in total. The van der Waals surface area contributed by atoms with Crippen LogP contribution in [-0.4, -0.2) is 18.8 Å². The van der Waals surface area contributed by atoms with Gasteiger partial charge in [-0.15, -0.1) is 18.2 Å². The van der Waals surface area contributed by atoms with Crippen LogP contribution in [0.25, 0.3) is 0 Å². The van der Waals surface area contributed by atoms with Crippen molar-refractivity contribution in [1.82, 2.24) is 5.32 Å². The average Bonchev–Trinajstić information content (AvgIpc) is 2.21. The van der Waals surface area contributed by atoms with Gasteiger partial charge >= 0.3 is 0 Å². The highest BCUT2D eigenvalue weighted by Crippen LogP contribution is 2.17. The molecule has 0 saturated heterocycles. The maximum absolute atomic E-state index is 5.12. The van der Waals surface area contributed by atoms with Crippen molar-refractivity contribution in [3.8, 4) is 12.3 Å². The van der Waals surface area contributed by atoms with Gasteiger partial charge in [-0.25, -0.2) is 0 Å². The number of terminal acetylenes is 1. The predicted molar refractivity (Wildman–Crippen MR) is 63.6 cm³/mol. The van der Waals surface area contributed by atoms with Crippen molar-refractivity contribution in [2.45, 2.75) is 11.8 Å². The van der Waals surface area contributed by atoms with Gasteiger partial charge in [-0.05, 0) is 19.1 Å². The van der Waals surface area contributed by atoms with Crippen LogP contribution in [0.5, 0.6) is 0 Å². The van der Waals surface area contributed by atoms with Crippen LogP contribution < -0.4 is 5.32 Å². The van der Waals surface area contributed by atoms with E-state index in [0.717, 1.165) is 12.3 Å².